The molecule has 49 heavy (non-hydrogen) atoms. The van der Waals surface area contributed by atoms with Crippen molar-refractivity contribution in [1.29, 1.82) is 0 Å². The highest BCUT2D eigenvalue weighted by Gasteiger charge is 2.37. The van der Waals surface area contributed by atoms with Gasteiger partial charge in [-0.2, -0.15) is 4.98 Å². The van der Waals surface area contributed by atoms with Gasteiger partial charge in [-0.1, -0.05) is 45.9 Å². The summed E-state index contributed by atoms with van der Waals surface area (Å²) in [7, 11) is 0. The van der Waals surface area contributed by atoms with Crippen LogP contribution in [-0.2, 0) is 22.5 Å². The molecule has 264 valence electrons. The SMILES string of the molecule is Cc1nc(C)c([C@H](OC(C)(C)C)C(=O)O)c(N2CCC(C)(C)CC2)c1-c1ccc2c(c1)CCN(c1nccc(N3CCC(C)(C)CC3)n1)C2. The number of anilines is 3. The second-order valence-electron chi connectivity index (χ2n) is 17.0. The average Bonchev–Trinajstić information content (AvgIpc) is 3.03. The van der Waals surface area contributed by atoms with Crippen LogP contribution in [0.25, 0.3) is 11.1 Å². The Morgan fingerprint density at radius 2 is 1.47 bits per heavy atom. The highest BCUT2D eigenvalue weighted by Crippen LogP contribution is 2.45. The normalized spacial score (nSPS) is 19.8. The Kier molecular flexibility index (Phi) is 9.46. The summed E-state index contributed by atoms with van der Waals surface area (Å²) in [5.74, 6) is 0.812. The predicted molar refractivity (Wildman–Crippen MR) is 198 cm³/mol. The van der Waals surface area contributed by atoms with E-state index >= 15 is 0 Å². The van der Waals surface area contributed by atoms with Crippen LogP contribution >= 0.6 is 0 Å². The molecule has 9 nitrogen and oxygen atoms in total. The monoisotopic (exact) mass is 668 g/mol. The molecule has 2 aromatic heterocycles. The van der Waals surface area contributed by atoms with E-state index in [1.165, 1.54) is 24.0 Å². The van der Waals surface area contributed by atoms with Crippen LogP contribution in [-0.4, -0.2) is 64.4 Å². The third kappa shape index (κ3) is 7.72. The van der Waals surface area contributed by atoms with E-state index in [9.17, 15) is 9.90 Å². The standard InChI is InChI=1S/C40H56N6O3/c1-26-32(34(45-22-16-40(8,9)17-23-45)33(27(2)42-26)35(36(47)48)49-38(3,4)5)29-10-11-30-25-46(19-13-28(30)24-29)37-41-18-12-31(43-37)44-20-14-39(6,7)15-21-44/h10-12,18,24,35H,13-17,19-23,25H2,1-9H3,(H,47,48)/t35-/m0/s1. The van der Waals surface area contributed by atoms with Gasteiger partial charge in [-0.25, -0.2) is 9.78 Å². The molecule has 2 fully saturated rings. The molecular weight excluding hydrogens is 612 g/mol. The minimum absolute atomic E-state index is 0.244. The van der Waals surface area contributed by atoms with Gasteiger partial charge >= 0.3 is 5.97 Å². The van der Waals surface area contributed by atoms with E-state index in [1.54, 1.807) is 0 Å². The number of carboxylic acid groups (broad SMARTS) is 1. The second-order valence-corrected chi connectivity index (χ2v) is 17.0. The van der Waals surface area contributed by atoms with Crippen LogP contribution in [0.2, 0.25) is 0 Å². The van der Waals surface area contributed by atoms with Gasteiger partial charge in [0.25, 0.3) is 0 Å². The molecule has 0 saturated carbocycles. The molecule has 1 N–H and O–H groups in total. The topological polar surface area (TPSA) is 94.9 Å². The van der Waals surface area contributed by atoms with Crippen molar-refractivity contribution < 1.29 is 14.6 Å². The van der Waals surface area contributed by atoms with Crippen LogP contribution in [0.1, 0.15) is 108 Å². The van der Waals surface area contributed by atoms with Gasteiger partial charge in [0.15, 0.2) is 6.10 Å². The fourth-order valence-corrected chi connectivity index (χ4v) is 7.64. The molecule has 1 atom stereocenters. The molecule has 0 spiro atoms. The number of hydrogen-bond donors (Lipinski definition) is 1. The molecular formula is C40H56N6O3. The first-order valence-corrected chi connectivity index (χ1v) is 18.1. The van der Waals surface area contributed by atoms with E-state index in [4.69, 9.17) is 19.7 Å². The molecule has 9 heteroatoms. The van der Waals surface area contributed by atoms with Crippen LogP contribution in [0, 0.1) is 24.7 Å². The van der Waals surface area contributed by atoms with E-state index in [0.29, 0.717) is 16.7 Å². The summed E-state index contributed by atoms with van der Waals surface area (Å²) in [5, 5.41) is 10.6. The number of ether oxygens (including phenoxy) is 1. The summed E-state index contributed by atoms with van der Waals surface area (Å²) in [6, 6.07) is 8.77. The Morgan fingerprint density at radius 3 is 2.08 bits per heavy atom. The van der Waals surface area contributed by atoms with Crippen LogP contribution < -0.4 is 14.7 Å². The van der Waals surface area contributed by atoms with E-state index in [1.807, 2.05) is 40.0 Å². The molecule has 6 rings (SSSR count). The fourth-order valence-electron chi connectivity index (χ4n) is 7.64. The van der Waals surface area contributed by atoms with Gasteiger partial charge < -0.3 is 24.5 Å². The van der Waals surface area contributed by atoms with Crippen molar-refractivity contribution in [1.82, 2.24) is 15.0 Å². The summed E-state index contributed by atoms with van der Waals surface area (Å²) in [6.07, 6.45) is 6.04. The molecule has 5 heterocycles. The van der Waals surface area contributed by atoms with Gasteiger partial charge in [0.1, 0.15) is 5.82 Å². The maximum absolute atomic E-state index is 12.9. The fraction of sp³-hybridized carbons (Fsp3) is 0.600. The lowest BCUT2D eigenvalue weighted by atomic mass is 9.81. The number of carboxylic acids is 1. The smallest absolute Gasteiger partial charge is 0.337 e. The number of rotatable bonds is 7. The lowest BCUT2D eigenvalue weighted by Crippen LogP contribution is -2.39. The number of aliphatic carboxylic acids is 1. The molecule has 0 unspecified atom stereocenters. The van der Waals surface area contributed by atoms with E-state index in [2.05, 4.69) is 67.5 Å². The molecule has 0 aliphatic carbocycles. The Bertz CT molecular complexity index is 1690. The van der Waals surface area contributed by atoms with Gasteiger partial charge in [0, 0.05) is 68.0 Å². The van der Waals surface area contributed by atoms with E-state index < -0.39 is 17.7 Å². The Balaban J connectivity index is 1.35. The van der Waals surface area contributed by atoms with Crippen LogP contribution in [0.15, 0.2) is 30.5 Å². The number of fused-ring (bicyclic) bond motifs is 1. The number of nitrogens with zero attached hydrogens (tertiary/aromatic N) is 6. The van der Waals surface area contributed by atoms with Crippen molar-refractivity contribution in [3.63, 3.8) is 0 Å². The Morgan fingerprint density at radius 1 is 0.837 bits per heavy atom. The number of aryl methyl sites for hydroxylation is 2. The number of benzene rings is 1. The van der Waals surface area contributed by atoms with Crippen LogP contribution in [0.3, 0.4) is 0 Å². The summed E-state index contributed by atoms with van der Waals surface area (Å²) >= 11 is 0. The summed E-state index contributed by atoms with van der Waals surface area (Å²) in [5.41, 5.74) is 7.88. The van der Waals surface area contributed by atoms with Crippen molar-refractivity contribution in [2.45, 2.75) is 113 Å². The lowest BCUT2D eigenvalue weighted by molar-refractivity contribution is -0.160. The average molecular weight is 669 g/mol. The van der Waals surface area contributed by atoms with Crippen molar-refractivity contribution in [3.05, 3.63) is 58.5 Å². The zero-order valence-electron chi connectivity index (χ0n) is 31.2. The van der Waals surface area contributed by atoms with Crippen molar-refractivity contribution in [2.75, 3.05) is 47.4 Å². The Labute approximate surface area is 293 Å². The first kappa shape index (κ1) is 35.1. The zero-order valence-corrected chi connectivity index (χ0v) is 31.2. The van der Waals surface area contributed by atoms with Crippen molar-refractivity contribution >= 4 is 23.4 Å². The maximum Gasteiger partial charge on any atom is 0.337 e. The zero-order chi connectivity index (χ0) is 35.3. The quantitative estimate of drug-likeness (QED) is 0.270. The van der Waals surface area contributed by atoms with E-state index in [0.717, 1.165) is 92.8 Å². The maximum atomic E-state index is 12.9. The van der Waals surface area contributed by atoms with Gasteiger partial charge in [0.2, 0.25) is 5.95 Å². The van der Waals surface area contributed by atoms with Crippen LogP contribution in [0.4, 0.5) is 17.5 Å². The molecule has 3 aliphatic heterocycles. The van der Waals surface area contributed by atoms with Gasteiger partial charge in [0.05, 0.1) is 11.3 Å². The molecule has 3 aromatic rings. The van der Waals surface area contributed by atoms with Gasteiger partial charge in [-0.05, 0) is 100 Å². The largest absolute Gasteiger partial charge is 0.479 e. The Hall–Kier alpha value is -3.72. The molecule has 3 aliphatic rings. The highest BCUT2D eigenvalue weighted by atomic mass is 16.5. The van der Waals surface area contributed by atoms with E-state index in [-0.39, 0.29) is 5.41 Å². The molecule has 0 bridgehead atoms. The number of pyridine rings is 1. The van der Waals surface area contributed by atoms with Gasteiger partial charge in [-0.15, -0.1) is 0 Å². The van der Waals surface area contributed by atoms with Crippen molar-refractivity contribution in [2.24, 2.45) is 10.8 Å². The number of carbonyl (C=O) groups is 1. The second kappa shape index (κ2) is 13.2. The van der Waals surface area contributed by atoms with Gasteiger partial charge in [-0.3, -0.25) is 4.98 Å². The number of aromatic nitrogens is 3. The van der Waals surface area contributed by atoms with Crippen molar-refractivity contribution in [3.8, 4) is 11.1 Å². The first-order chi connectivity index (χ1) is 23.0. The summed E-state index contributed by atoms with van der Waals surface area (Å²) in [4.78, 5) is 34.7. The molecule has 2 saturated heterocycles. The minimum Gasteiger partial charge on any atom is -0.479 e. The predicted octanol–water partition coefficient (Wildman–Crippen LogP) is 7.91. The summed E-state index contributed by atoms with van der Waals surface area (Å²) < 4.78 is 6.28. The third-order valence-electron chi connectivity index (χ3n) is 10.8. The lowest BCUT2D eigenvalue weighted by Gasteiger charge is -2.41. The molecule has 0 radical (unpaired) electrons. The highest BCUT2D eigenvalue weighted by molar-refractivity contribution is 5.88. The molecule has 0 amide bonds. The first-order valence-electron chi connectivity index (χ1n) is 18.1. The minimum atomic E-state index is -1.13. The summed E-state index contributed by atoms with van der Waals surface area (Å²) in [6.45, 7) is 24.4. The number of piperidine rings is 2. The number of hydrogen-bond acceptors (Lipinski definition) is 8. The third-order valence-corrected chi connectivity index (χ3v) is 10.8. The molecule has 1 aromatic carbocycles. The van der Waals surface area contributed by atoms with Crippen LogP contribution in [0.5, 0.6) is 0 Å².